The SMILES string of the molecule is Fc1ccc(CN2CCCCC2CBr)c(Br)c1. The van der Waals surface area contributed by atoms with Gasteiger partial charge in [-0.2, -0.15) is 0 Å². The Bertz CT molecular complexity index is 384. The van der Waals surface area contributed by atoms with Crippen molar-refractivity contribution < 1.29 is 4.39 Å². The largest absolute Gasteiger partial charge is 0.295 e. The minimum Gasteiger partial charge on any atom is -0.295 e. The van der Waals surface area contributed by atoms with Gasteiger partial charge in [-0.1, -0.05) is 44.3 Å². The molecule has 1 aliphatic heterocycles. The molecule has 1 unspecified atom stereocenters. The Labute approximate surface area is 119 Å². The highest BCUT2D eigenvalue weighted by Gasteiger charge is 2.21. The van der Waals surface area contributed by atoms with Crippen LogP contribution in [-0.2, 0) is 6.54 Å². The summed E-state index contributed by atoms with van der Waals surface area (Å²) >= 11 is 7.02. The summed E-state index contributed by atoms with van der Waals surface area (Å²) in [6.07, 6.45) is 3.84. The molecule has 0 bridgehead atoms. The Morgan fingerprint density at radius 1 is 1.35 bits per heavy atom. The lowest BCUT2D eigenvalue weighted by Gasteiger charge is -2.34. The van der Waals surface area contributed by atoms with Crippen molar-refractivity contribution in [3.63, 3.8) is 0 Å². The van der Waals surface area contributed by atoms with Gasteiger partial charge in [0.15, 0.2) is 0 Å². The molecule has 1 fully saturated rings. The molecule has 0 saturated carbocycles. The van der Waals surface area contributed by atoms with Crippen molar-refractivity contribution in [3.05, 3.63) is 34.1 Å². The highest BCUT2D eigenvalue weighted by molar-refractivity contribution is 9.10. The Hall–Kier alpha value is 0.0700. The number of alkyl halides is 1. The molecule has 0 N–H and O–H groups in total. The zero-order chi connectivity index (χ0) is 12.3. The van der Waals surface area contributed by atoms with Gasteiger partial charge in [0.1, 0.15) is 5.82 Å². The highest BCUT2D eigenvalue weighted by Crippen LogP contribution is 2.25. The van der Waals surface area contributed by atoms with Gasteiger partial charge in [-0.05, 0) is 37.1 Å². The maximum atomic E-state index is 13.0. The van der Waals surface area contributed by atoms with E-state index in [0.717, 1.165) is 22.9 Å². The summed E-state index contributed by atoms with van der Waals surface area (Å²) in [5.41, 5.74) is 1.17. The lowest BCUT2D eigenvalue weighted by Crippen LogP contribution is -2.40. The fourth-order valence-electron chi connectivity index (χ4n) is 2.31. The van der Waals surface area contributed by atoms with E-state index in [2.05, 4.69) is 36.8 Å². The normalized spacial score (nSPS) is 21.7. The molecule has 17 heavy (non-hydrogen) atoms. The Morgan fingerprint density at radius 2 is 2.18 bits per heavy atom. The molecule has 1 saturated heterocycles. The number of nitrogens with zero attached hydrogens (tertiary/aromatic N) is 1. The van der Waals surface area contributed by atoms with Crippen LogP contribution >= 0.6 is 31.9 Å². The lowest BCUT2D eigenvalue weighted by molar-refractivity contribution is 0.156. The van der Waals surface area contributed by atoms with Gasteiger partial charge in [-0.15, -0.1) is 0 Å². The number of piperidine rings is 1. The first-order valence-corrected chi connectivity index (χ1v) is 7.86. The van der Waals surface area contributed by atoms with Crippen molar-refractivity contribution in [1.29, 1.82) is 0 Å². The third-order valence-electron chi connectivity index (χ3n) is 3.32. The van der Waals surface area contributed by atoms with Crippen LogP contribution in [0.15, 0.2) is 22.7 Å². The topological polar surface area (TPSA) is 3.24 Å². The summed E-state index contributed by atoms with van der Waals surface area (Å²) < 4.78 is 13.9. The van der Waals surface area contributed by atoms with Crippen LogP contribution in [0.1, 0.15) is 24.8 Å². The summed E-state index contributed by atoms with van der Waals surface area (Å²) in [4.78, 5) is 2.48. The number of rotatable bonds is 3. The van der Waals surface area contributed by atoms with E-state index in [-0.39, 0.29) is 5.82 Å². The smallest absolute Gasteiger partial charge is 0.124 e. The highest BCUT2D eigenvalue weighted by atomic mass is 79.9. The maximum Gasteiger partial charge on any atom is 0.124 e. The Balaban J connectivity index is 2.08. The molecular formula is C13H16Br2FN. The van der Waals surface area contributed by atoms with Gasteiger partial charge in [0.05, 0.1) is 0 Å². The van der Waals surface area contributed by atoms with Crippen LogP contribution in [0.25, 0.3) is 0 Å². The third-order valence-corrected chi connectivity index (χ3v) is 4.80. The standard InChI is InChI=1S/C13H16Br2FN/c14-8-12-3-1-2-6-17(12)9-10-4-5-11(16)7-13(10)15/h4-5,7,12H,1-3,6,8-9H2. The summed E-state index contributed by atoms with van der Waals surface area (Å²) in [5, 5.41) is 1.02. The van der Waals surface area contributed by atoms with E-state index in [1.54, 1.807) is 6.07 Å². The van der Waals surface area contributed by atoms with Crippen LogP contribution in [0, 0.1) is 5.82 Å². The van der Waals surface area contributed by atoms with Gasteiger partial charge >= 0.3 is 0 Å². The summed E-state index contributed by atoms with van der Waals surface area (Å²) in [5.74, 6) is -0.184. The third kappa shape index (κ3) is 3.52. The maximum absolute atomic E-state index is 13.0. The number of likely N-dealkylation sites (tertiary alicyclic amines) is 1. The van der Waals surface area contributed by atoms with E-state index in [4.69, 9.17) is 0 Å². The van der Waals surface area contributed by atoms with E-state index < -0.39 is 0 Å². The molecule has 0 radical (unpaired) electrons. The average molecular weight is 365 g/mol. The van der Waals surface area contributed by atoms with Crippen LogP contribution < -0.4 is 0 Å². The van der Waals surface area contributed by atoms with Gasteiger partial charge in [0.25, 0.3) is 0 Å². The van der Waals surface area contributed by atoms with E-state index in [1.165, 1.54) is 30.9 Å². The number of halogens is 3. The molecule has 1 heterocycles. The molecule has 2 rings (SSSR count). The van der Waals surface area contributed by atoms with Gasteiger partial charge in [-0.25, -0.2) is 4.39 Å². The summed E-state index contributed by atoms with van der Waals surface area (Å²) in [6.45, 7) is 2.04. The number of benzene rings is 1. The molecule has 94 valence electrons. The van der Waals surface area contributed by atoms with E-state index >= 15 is 0 Å². The molecule has 1 aliphatic rings. The molecule has 0 spiro atoms. The lowest BCUT2D eigenvalue weighted by atomic mass is 10.0. The van der Waals surface area contributed by atoms with Crippen molar-refractivity contribution in [2.45, 2.75) is 31.8 Å². The zero-order valence-corrected chi connectivity index (χ0v) is 12.8. The molecular weight excluding hydrogens is 349 g/mol. The molecule has 0 aliphatic carbocycles. The van der Waals surface area contributed by atoms with Crippen molar-refractivity contribution in [2.75, 3.05) is 11.9 Å². The predicted molar refractivity (Wildman–Crippen MR) is 75.9 cm³/mol. The van der Waals surface area contributed by atoms with Crippen LogP contribution in [0.3, 0.4) is 0 Å². The molecule has 0 amide bonds. The first-order chi connectivity index (χ1) is 8.20. The van der Waals surface area contributed by atoms with Gasteiger partial charge < -0.3 is 0 Å². The number of hydrogen-bond donors (Lipinski definition) is 0. The van der Waals surface area contributed by atoms with E-state index in [0.29, 0.717) is 6.04 Å². The fourth-order valence-corrected chi connectivity index (χ4v) is 3.52. The minimum absolute atomic E-state index is 0.184. The van der Waals surface area contributed by atoms with Crippen LogP contribution in [0.4, 0.5) is 4.39 Å². The second-order valence-electron chi connectivity index (χ2n) is 4.51. The molecule has 4 heteroatoms. The quantitative estimate of drug-likeness (QED) is 0.721. The van der Waals surface area contributed by atoms with E-state index in [9.17, 15) is 4.39 Å². The van der Waals surface area contributed by atoms with Crippen molar-refractivity contribution in [2.24, 2.45) is 0 Å². The number of hydrogen-bond acceptors (Lipinski definition) is 1. The Morgan fingerprint density at radius 3 is 2.88 bits per heavy atom. The summed E-state index contributed by atoms with van der Waals surface area (Å²) in [6, 6.07) is 5.57. The molecule has 0 aromatic heterocycles. The first kappa shape index (κ1) is 13.5. The van der Waals surface area contributed by atoms with Crippen molar-refractivity contribution in [1.82, 2.24) is 4.90 Å². The molecule has 1 nitrogen and oxygen atoms in total. The van der Waals surface area contributed by atoms with Gasteiger partial charge in [-0.3, -0.25) is 4.90 Å². The van der Waals surface area contributed by atoms with Crippen LogP contribution in [0.5, 0.6) is 0 Å². The Kier molecular flexibility index (Phi) is 5.00. The summed E-state index contributed by atoms with van der Waals surface area (Å²) in [7, 11) is 0. The average Bonchev–Trinajstić information content (AvgIpc) is 2.33. The van der Waals surface area contributed by atoms with Crippen LogP contribution in [0.2, 0.25) is 0 Å². The molecule has 1 aromatic rings. The van der Waals surface area contributed by atoms with E-state index in [1.807, 2.05) is 6.07 Å². The second kappa shape index (κ2) is 6.30. The molecule has 1 atom stereocenters. The van der Waals surface area contributed by atoms with Crippen molar-refractivity contribution >= 4 is 31.9 Å². The van der Waals surface area contributed by atoms with Gasteiger partial charge in [0.2, 0.25) is 0 Å². The van der Waals surface area contributed by atoms with Gasteiger partial charge in [0, 0.05) is 22.4 Å². The first-order valence-electron chi connectivity index (χ1n) is 5.94. The molecule has 1 aromatic carbocycles. The fraction of sp³-hybridized carbons (Fsp3) is 0.538. The second-order valence-corrected chi connectivity index (χ2v) is 6.01. The predicted octanol–water partition coefficient (Wildman–Crippen LogP) is 4.34. The minimum atomic E-state index is -0.184. The monoisotopic (exact) mass is 363 g/mol. The van der Waals surface area contributed by atoms with Crippen LogP contribution in [-0.4, -0.2) is 22.8 Å². The van der Waals surface area contributed by atoms with Crippen molar-refractivity contribution in [3.8, 4) is 0 Å². The zero-order valence-electron chi connectivity index (χ0n) is 9.63.